The summed E-state index contributed by atoms with van der Waals surface area (Å²) < 4.78 is 0. The van der Waals surface area contributed by atoms with E-state index in [4.69, 9.17) is 5.73 Å². The number of benzene rings is 1. The lowest BCUT2D eigenvalue weighted by Crippen LogP contribution is -2.25. The molecule has 0 heterocycles. The highest BCUT2D eigenvalue weighted by molar-refractivity contribution is 5.30. The van der Waals surface area contributed by atoms with Gasteiger partial charge in [0.15, 0.2) is 0 Å². The molecule has 0 amide bonds. The first kappa shape index (κ1) is 11.7. The van der Waals surface area contributed by atoms with Gasteiger partial charge in [0.2, 0.25) is 0 Å². The van der Waals surface area contributed by atoms with Crippen LogP contribution in [-0.2, 0) is 6.42 Å². The summed E-state index contributed by atoms with van der Waals surface area (Å²) in [4.78, 5) is 0. The molecule has 1 aliphatic carbocycles. The van der Waals surface area contributed by atoms with E-state index in [-0.39, 0.29) is 0 Å². The average Bonchev–Trinajstić information content (AvgIpc) is 2.55. The molecule has 3 atom stereocenters. The van der Waals surface area contributed by atoms with Crippen molar-refractivity contribution in [3.63, 3.8) is 0 Å². The maximum absolute atomic E-state index is 6.08. The van der Waals surface area contributed by atoms with Gasteiger partial charge in [0, 0.05) is 6.04 Å². The quantitative estimate of drug-likeness (QED) is 0.808. The van der Waals surface area contributed by atoms with E-state index in [0.29, 0.717) is 12.0 Å². The van der Waals surface area contributed by atoms with Crippen molar-refractivity contribution in [3.05, 3.63) is 34.9 Å². The van der Waals surface area contributed by atoms with Gasteiger partial charge in [-0.3, -0.25) is 0 Å². The summed E-state index contributed by atoms with van der Waals surface area (Å²) in [7, 11) is 0. The number of rotatable bonds is 2. The highest BCUT2D eigenvalue weighted by Gasteiger charge is 2.29. The lowest BCUT2D eigenvalue weighted by atomic mass is 9.89. The summed E-state index contributed by atoms with van der Waals surface area (Å²) in [5.41, 5.74) is 10.4. The molecule has 1 aromatic carbocycles. The van der Waals surface area contributed by atoms with Crippen LogP contribution in [0.2, 0.25) is 0 Å². The Kier molecular flexibility index (Phi) is 3.34. The fraction of sp³-hybridized carbons (Fsp3) is 0.600. The minimum absolute atomic E-state index is 0.427. The van der Waals surface area contributed by atoms with Gasteiger partial charge in [0.1, 0.15) is 0 Å². The van der Waals surface area contributed by atoms with E-state index in [1.807, 2.05) is 0 Å². The molecule has 1 saturated carbocycles. The Morgan fingerprint density at radius 3 is 2.50 bits per heavy atom. The monoisotopic (exact) mass is 217 g/mol. The van der Waals surface area contributed by atoms with Crippen LogP contribution in [-0.4, -0.2) is 6.04 Å². The molecule has 1 nitrogen and oxygen atoms in total. The summed E-state index contributed by atoms with van der Waals surface area (Å²) in [5, 5.41) is 0. The van der Waals surface area contributed by atoms with Gasteiger partial charge in [-0.25, -0.2) is 0 Å². The van der Waals surface area contributed by atoms with Gasteiger partial charge in [-0.1, -0.05) is 25.1 Å². The van der Waals surface area contributed by atoms with Gasteiger partial charge in [-0.15, -0.1) is 0 Å². The van der Waals surface area contributed by atoms with E-state index >= 15 is 0 Å². The molecule has 1 aromatic rings. The van der Waals surface area contributed by atoms with Crippen molar-refractivity contribution in [2.45, 2.75) is 46.1 Å². The molecule has 0 aliphatic heterocycles. The van der Waals surface area contributed by atoms with Gasteiger partial charge in [0.05, 0.1) is 0 Å². The first-order valence-electron chi connectivity index (χ1n) is 6.39. The van der Waals surface area contributed by atoms with E-state index in [9.17, 15) is 0 Å². The van der Waals surface area contributed by atoms with Gasteiger partial charge in [-0.05, 0) is 61.6 Å². The molecule has 1 fully saturated rings. The molecule has 1 aliphatic rings. The number of aryl methyl sites for hydroxylation is 2. The van der Waals surface area contributed by atoms with Crippen LogP contribution in [0.4, 0.5) is 0 Å². The maximum atomic E-state index is 6.08. The zero-order chi connectivity index (χ0) is 11.7. The van der Waals surface area contributed by atoms with E-state index in [2.05, 4.69) is 39.0 Å². The van der Waals surface area contributed by atoms with E-state index in [1.165, 1.54) is 36.0 Å². The molecule has 16 heavy (non-hydrogen) atoms. The first-order chi connectivity index (χ1) is 7.58. The first-order valence-corrected chi connectivity index (χ1v) is 6.39. The molecule has 2 rings (SSSR count). The molecule has 88 valence electrons. The molecule has 0 spiro atoms. The van der Waals surface area contributed by atoms with Gasteiger partial charge in [0.25, 0.3) is 0 Å². The predicted octanol–water partition coefficient (Wildman–Crippen LogP) is 3.22. The highest BCUT2D eigenvalue weighted by atomic mass is 14.7. The molecule has 2 N–H and O–H groups in total. The van der Waals surface area contributed by atoms with Crippen LogP contribution < -0.4 is 5.73 Å². The van der Waals surface area contributed by atoms with E-state index < -0.39 is 0 Å². The molecule has 1 heteroatoms. The Bertz CT molecular complexity index is 370. The van der Waals surface area contributed by atoms with Crippen LogP contribution in [0.15, 0.2) is 18.2 Å². The van der Waals surface area contributed by atoms with Crippen LogP contribution in [0.1, 0.15) is 36.5 Å². The Balaban J connectivity index is 2.07. The fourth-order valence-electron chi connectivity index (χ4n) is 2.80. The minimum atomic E-state index is 0.427. The minimum Gasteiger partial charge on any atom is -0.327 e. The van der Waals surface area contributed by atoms with Crippen molar-refractivity contribution in [1.82, 2.24) is 0 Å². The number of hydrogen-bond acceptors (Lipinski definition) is 1. The molecular weight excluding hydrogens is 194 g/mol. The third kappa shape index (κ3) is 2.30. The van der Waals surface area contributed by atoms with Crippen molar-refractivity contribution >= 4 is 0 Å². The lowest BCUT2D eigenvalue weighted by Gasteiger charge is -2.18. The number of hydrogen-bond donors (Lipinski definition) is 1. The standard InChI is InChI=1S/C15H23N/c1-10-4-5-13(8-11(10)2)9-14-6-7-15(16)12(14)3/h4-5,8,12,14-15H,6-7,9,16H2,1-3H3. The third-order valence-electron chi connectivity index (χ3n) is 4.36. The fourth-order valence-corrected chi connectivity index (χ4v) is 2.80. The largest absolute Gasteiger partial charge is 0.327 e. The molecule has 0 radical (unpaired) electrons. The molecular formula is C15H23N. The van der Waals surface area contributed by atoms with Crippen molar-refractivity contribution in [3.8, 4) is 0 Å². The van der Waals surface area contributed by atoms with Crippen molar-refractivity contribution in [2.24, 2.45) is 17.6 Å². The summed E-state index contributed by atoms with van der Waals surface area (Å²) in [6.07, 6.45) is 3.71. The van der Waals surface area contributed by atoms with Crippen LogP contribution in [0.5, 0.6) is 0 Å². The molecule has 0 bridgehead atoms. The lowest BCUT2D eigenvalue weighted by molar-refractivity contribution is 0.390. The third-order valence-corrected chi connectivity index (χ3v) is 4.36. The SMILES string of the molecule is Cc1ccc(CC2CCC(N)C2C)cc1C. The van der Waals surface area contributed by atoms with Crippen molar-refractivity contribution in [2.75, 3.05) is 0 Å². The summed E-state index contributed by atoms with van der Waals surface area (Å²) >= 11 is 0. The van der Waals surface area contributed by atoms with Crippen LogP contribution in [0.3, 0.4) is 0 Å². The number of nitrogens with two attached hydrogens (primary N) is 1. The zero-order valence-electron chi connectivity index (χ0n) is 10.7. The second-order valence-corrected chi connectivity index (χ2v) is 5.48. The zero-order valence-corrected chi connectivity index (χ0v) is 10.7. The van der Waals surface area contributed by atoms with Gasteiger partial charge in [-0.2, -0.15) is 0 Å². The second-order valence-electron chi connectivity index (χ2n) is 5.48. The molecule has 0 aromatic heterocycles. The van der Waals surface area contributed by atoms with Crippen molar-refractivity contribution in [1.29, 1.82) is 0 Å². The smallest absolute Gasteiger partial charge is 0.00673 e. The summed E-state index contributed by atoms with van der Waals surface area (Å²) in [5.74, 6) is 1.47. The van der Waals surface area contributed by atoms with E-state index in [1.54, 1.807) is 0 Å². The maximum Gasteiger partial charge on any atom is 0.00673 e. The van der Waals surface area contributed by atoms with Gasteiger partial charge >= 0.3 is 0 Å². The Hall–Kier alpha value is -0.820. The molecule has 0 saturated heterocycles. The topological polar surface area (TPSA) is 26.0 Å². The van der Waals surface area contributed by atoms with Crippen molar-refractivity contribution < 1.29 is 0 Å². The van der Waals surface area contributed by atoms with E-state index in [0.717, 1.165) is 5.92 Å². The summed E-state index contributed by atoms with van der Waals surface area (Å²) in [6.45, 7) is 6.68. The predicted molar refractivity (Wildman–Crippen MR) is 69.5 cm³/mol. The summed E-state index contributed by atoms with van der Waals surface area (Å²) in [6, 6.07) is 7.28. The normalized spacial score (nSPS) is 29.6. The van der Waals surface area contributed by atoms with Crippen LogP contribution in [0, 0.1) is 25.7 Å². The molecule has 3 unspecified atom stereocenters. The highest BCUT2D eigenvalue weighted by Crippen LogP contribution is 2.33. The Morgan fingerprint density at radius 2 is 1.94 bits per heavy atom. The van der Waals surface area contributed by atoms with Crippen LogP contribution in [0.25, 0.3) is 0 Å². The Morgan fingerprint density at radius 1 is 1.19 bits per heavy atom. The van der Waals surface area contributed by atoms with Crippen LogP contribution >= 0.6 is 0 Å². The second kappa shape index (κ2) is 4.58. The van der Waals surface area contributed by atoms with Gasteiger partial charge < -0.3 is 5.73 Å². The Labute approximate surface area is 99.0 Å². The average molecular weight is 217 g/mol.